The number of hydrogen-bond acceptors (Lipinski definition) is 3. The maximum atomic E-state index is 12.2. The highest BCUT2D eigenvalue weighted by Crippen LogP contribution is 2.26. The molecule has 0 bridgehead atoms. The first-order valence-corrected chi connectivity index (χ1v) is 3.33. The van der Waals surface area contributed by atoms with Crippen molar-refractivity contribution in [1.82, 2.24) is 4.98 Å². The van der Waals surface area contributed by atoms with Crippen LogP contribution in [-0.4, -0.2) is 4.98 Å². The van der Waals surface area contributed by atoms with E-state index in [9.17, 15) is 8.78 Å². The number of nitrogens with zero attached hydrogens (tertiary/aromatic N) is 1. The van der Waals surface area contributed by atoms with Gasteiger partial charge < -0.3 is 11.5 Å². The van der Waals surface area contributed by atoms with Gasteiger partial charge in [-0.15, -0.1) is 0 Å². The maximum Gasteiger partial charge on any atom is 0.264 e. The van der Waals surface area contributed by atoms with Crippen molar-refractivity contribution in [2.75, 3.05) is 11.5 Å². The summed E-state index contributed by atoms with van der Waals surface area (Å²) in [6.07, 6.45) is -2.56. The van der Waals surface area contributed by atoms with E-state index in [4.69, 9.17) is 11.5 Å². The predicted octanol–water partition coefficient (Wildman–Crippen LogP) is 1.49. The summed E-state index contributed by atoms with van der Waals surface area (Å²) >= 11 is 0. The second-order valence-corrected chi connectivity index (χ2v) is 2.45. The van der Waals surface area contributed by atoms with Crippen LogP contribution in [0.25, 0.3) is 0 Å². The number of aromatic nitrogens is 1. The zero-order chi connectivity index (χ0) is 9.30. The lowest BCUT2D eigenvalue weighted by Crippen LogP contribution is -2.02. The third-order valence-electron chi connectivity index (χ3n) is 1.61. The average molecular weight is 173 g/mol. The number of nitrogens with two attached hydrogens (primary N) is 2. The van der Waals surface area contributed by atoms with Crippen LogP contribution in [0.4, 0.5) is 20.4 Å². The minimum absolute atomic E-state index is 0.0217. The van der Waals surface area contributed by atoms with Crippen molar-refractivity contribution in [3.8, 4) is 0 Å². The van der Waals surface area contributed by atoms with Crippen LogP contribution < -0.4 is 11.5 Å². The largest absolute Gasteiger partial charge is 0.384 e. The van der Waals surface area contributed by atoms with Crippen LogP contribution >= 0.6 is 0 Å². The molecule has 12 heavy (non-hydrogen) atoms. The van der Waals surface area contributed by atoms with Gasteiger partial charge >= 0.3 is 0 Å². The molecule has 5 heteroatoms. The van der Waals surface area contributed by atoms with Gasteiger partial charge in [0.1, 0.15) is 11.6 Å². The molecule has 0 atom stereocenters. The van der Waals surface area contributed by atoms with Crippen molar-refractivity contribution in [3.05, 3.63) is 17.2 Å². The Morgan fingerprint density at radius 1 is 1.42 bits per heavy atom. The third-order valence-corrected chi connectivity index (χ3v) is 1.61. The Balaban J connectivity index is 3.28. The van der Waals surface area contributed by atoms with Crippen molar-refractivity contribution in [2.45, 2.75) is 13.3 Å². The lowest BCUT2D eigenvalue weighted by molar-refractivity contribution is 0.150. The Labute approximate surface area is 68.4 Å². The molecule has 0 saturated heterocycles. The number of nitrogen functional groups attached to an aromatic ring is 2. The maximum absolute atomic E-state index is 12.2. The van der Waals surface area contributed by atoms with Crippen molar-refractivity contribution < 1.29 is 8.78 Å². The van der Waals surface area contributed by atoms with Crippen LogP contribution in [0.15, 0.2) is 6.07 Å². The SMILES string of the molecule is Cc1c(C(F)F)cc(N)nc1N. The molecule has 0 amide bonds. The van der Waals surface area contributed by atoms with Crippen LogP contribution in [0, 0.1) is 6.92 Å². The fourth-order valence-corrected chi connectivity index (χ4v) is 0.897. The molecule has 0 aromatic carbocycles. The molecule has 1 aromatic heterocycles. The molecule has 1 heterocycles. The molecule has 4 N–H and O–H groups in total. The Hall–Kier alpha value is -1.39. The topological polar surface area (TPSA) is 64.9 Å². The lowest BCUT2D eigenvalue weighted by atomic mass is 10.1. The predicted molar refractivity (Wildman–Crippen MR) is 42.8 cm³/mol. The van der Waals surface area contributed by atoms with Gasteiger partial charge in [0.15, 0.2) is 0 Å². The highest BCUT2D eigenvalue weighted by atomic mass is 19.3. The van der Waals surface area contributed by atoms with Gasteiger partial charge in [-0.3, -0.25) is 0 Å². The second kappa shape index (κ2) is 2.92. The highest BCUT2D eigenvalue weighted by Gasteiger charge is 2.13. The molecule has 0 aliphatic rings. The van der Waals surface area contributed by atoms with E-state index in [0.717, 1.165) is 6.07 Å². The minimum atomic E-state index is -2.56. The van der Waals surface area contributed by atoms with Crippen molar-refractivity contribution in [2.24, 2.45) is 0 Å². The van der Waals surface area contributed by atoms with Gasteiger partial charge in [-0.1, -0.05) is 0 Å². The summed E-state index contributed by atoms with van der Waals surface area (Å²) in [7, 11) is 0. The molecule has 66 valence electrons. The fraction of sp³-hybridized carbons (Fsp3) is 0.286. The summed E-state index contributed by atoms with van der Waals surface area (Å²) in [5, 5.41) is 0. The van der Waals surface area contributed by atoms with E-state index in [1.807, 2.05) is 0 Å². The van der Waals surface area contributed by atoms with Crippen LogP contribution in [0.3, 0.4) is 0 Å². The monoisotopic (exact) mass is 173 g/mol. The zero-order valence-electron chi connectivity index (χ0n) is 6.51. The Bertz CT molecular complexity index is 299. The molecule has 3 nitrogen and oxygen atoms in total. The van der Waals surface area contributed by atoms with Crippen LogP contribution in [0.5, 0.6) is 0 Å². The molecule has 1 aromatic rings. The molecule has 0 radical (unpaired) electrons. The molecule has 0 fully saturated rings. The summed E-state index contributed by atoms with van der Waals surface area (Å²) in [5.74, 6) is 0.0821. The molecule has 0 aliphatic heterocycles. The summed E-state index contributed by atoms with van der Waals surface area (Å²) in [5.41, 5.74) is 10.7. The average Bonchev–Trinajstić information content (AvgIpc) is 1.96. The summed E-state index contributed by atoms with van der Waals surface area (Å²) in [4.78, 5) is 3.64. The molecular formula is C7H9F2N3. The fourth-order valence-electron chi connectivity index (χ4n) is 0.897. The van der Waals surface area contributed by atoms with Crippen molar-refractivity contribution in [1.29, 1.82) is 0 Å². The summed E-state index contributed by atoms with van der Waals surface area (Å²) in [6, 6.07) is 1.14. The number of rotatable bonds is 1. The highest BCUT2D eigenvalue weighted by molar-refractivity contribution is 5.51. The van der Waals surface area contributed by atoms with Crippen LogP contribution in [-0.2, 0) is 0 Å². The lowest BCUT2D eigenvalue weighted by Gasteiger charge is -2.07. The summed E-state index contributed by atoms with van der Waals surface area (Å²) < 4.78 is 24.5. The first kappa shape index (κ1) is 8.70. The van der Waals surface area contributed by atoms with E-state index in [1.54, 1.807) is 0 Å². The molecule has 0 aliphatic carbocycles. The van der Waals surface area contributed by atoms with Gasteiger partial charge in [-0.2, -0.15) is 0 Å². The quantitative estimate of drug-likeness (QED) is 0.676. The number of pyridine rings is 1. The van der Waals surface area contributed by atoms with Gasteiger partial charge in [0, 0.05) is 11.1 Å². The van der Waals surface area contributed by atoms with Gasteiger partial charge in [0.05, 0.1) is 0 Å². The van der Waals surface area contributed by atoms with E-state index >= 15 is 0 Å². The van der Waals surface area contributed by atoms with Gasteiger partial charge in [0.25, 0.3) is 6.43 Å². The van der Waals surface area contributed by atoms with E-state index in [-0.39, 0.29) is 17.2 Å². The molecule has 0 unspecified atom stereocenters. The Kier molecular flexibility index (Phi) is 2.12. The van der Waals surface area contributed by atoms with Gasteiger partial charge in [0.2, 0.25) is 0 Å². The smallest absolute Gasteiger partial charge is 0.264 e. The third kappa shape index (κ3) is 1.44. The number of hydrogen-bond donors (Lipinski definition) is 2. The summed E-state index contributed by atoms with van der Waals surface area (Å²) in [6.45, 7) is 1.49. The zero-order valence-corrected chi connectivity index (χ0v) is 6.51. The second-order valence-electron chi connectivity index (χ2n) is 2.45. The van der Waals surface area contributed by atoms with Crippen molar-refractivity contribution >= 4 is 11.6 Å². The molecule has 1 rings (SSSR count). The van der Waals surface area contributed by atoms with Gasteiger partial charge in [-0.25, -0.2) is 13.8 Å². The minimum Gasteiger partial charge on any atom is -0.384 e. The van der Waals surface area contributed by atoms with E-state index in [1.165, 1.54) is 6.92 Å². The normalized spacial score (nSPS) is 10.7. The standard InChI is InChI=1S/C7H9F2N3/c1-3-4(6(8)9)2-5(10)12-7(3)11/h2,6H,1H3,(H4,10,11,12). The van der Waals surface area contributed by atoms with E-state index in [2.05, 4.69) is 4.98 Å². The number of anilines is 2. The van der Waals surface area contributed by atoms with Crippen LogP contribution in [0.2, 0.25) is 0 Å². The first-order valence-electron chi connectivity index (χ1n) is 3.33. The van der Waals surface area contributed by atoms with E-state index in [0.29, 0.717) is 5.56 Å². The van der Waals surface area contributed by atoms with E-state index < -0.39 is 6.43 Å². The molecule has 0 saturated carbocycles. The first-order chi connectivity index (χ1) is 5.52. The van der Waals surface area contributed by atoms with Gasteiger partial charge in [-0.05, 0) is 13.0 Å². The van der Waals surface area contributed by atoms with Crippen molar-refractivity contribution in [3.63, 3.8) is 0 Å². The Morgan fingerprint density at radius 2 is 2.00 bits per heavy atom. The number of halogens is 2. The number of alkyl halides is 2. The molecular weight excluding hydrogens is 164 g/mol. The van der Waals surface area contributed by atoms with Crippen LogP contribution in [0.1, 0.15) is 17.6 Å². The Morgan fingerprint density at radius 3 is 2.50 bits per heavy atom. The molecule has 0 spiro atoms.